The molecule has 6 heteroatoms. The lowest BCUT2D eigenvalue weighted by atomic mass is 10.00. The van der Waals surface area contributed by atoms with Crippen LogP contribution in [-0.4, -0.2) is 72.7 Å². The number of ether oxygens (including phenoxy) is 2. The van der Waals surface area contributed by atoms with Crippen molar-refractivity contribution in [3.8, 4) is 0 Å². The van der Waals surface area contributed by atoms with Gasteiger partial charge in [0, 0.05) is 19.0 Å². The number of amides is 2. The van der Waals surface area contributed by atoms with Gasteiger partial charge in [0.1, 0.15) is 12.2 Å². The molecule has 1 spiro atoms. The van der Waals surface area contributed by atoms with Crippen molar-refractivity contribution in [1.29, 1.82) is 0 Å². The number of aryl methyl sites for hydroxylation is 1. The van der Waals surface area contributed by atoms with Gasteiger partial charge in [0.25, 0.3) is 0 Å². The number of hydrogen-bond donors (Lipinski definition) is 0. The van der Waals surface area contributed by atoms with E-state index in [1.165, 1.54) is 5.56 Å². The number of nitrogens with zero attached hydrogens (tertiary/aromatic N) is 2. The van der Waals surface area contributed by atoms with Gasteiger partial charge in [-0.15, -0.1) is 0 Å². The first-order chi connectivity index (χ1) is 12.5. The zero-order chi connectivity index (χ0) is 18.6. The van der Waals surface area contributed by atoms with Crippen LogP contribution in [0.15, 0.2) is 30.3 Å². The van der Waals surface area contributed by atoms with Crippen molar-refractivity contribution in [2.75, 3.05) is 39.5 Å². The van der Waals surface area contributed by atoms with Crippen LogP contribution >= 0.6 is 0 Å². The smallest absolute Gasteiger partial charge is 0.248 e. The Kier molecular flexibility index (Phi) is 5.94. The van der Waals surface area contributed by atoms with Crippen molar-refractivity contribution >= 4 is 11.8 Å². The van der Waals surface area contributed by atoms with Gasteiger partial charge in [-0.25, -0.2) is 0 Å². The third-order valence-corrected chi connectivity index (χ3v) is 5.06. The fraction of sp³-hybridized carbons (Fsp3) is 0.600. The van der Waals surface area contributed by atoms with Gasteiger partial charge >= 0.3 is 0 Å². The van der Waals surface area contributed by atoms with E-state index in [4.69, 9.17) is 9.47 Å². The highest BCUT2D eigenvalue weighted by Gasteiger charge is 2.43. The summed E-state index contributed by atoms with van der Waals surface area (Å²) in [6.45, 7) is 6.38. The maximum absolute atomic E-state index is 12.7. The quantitative estimate of drug-likeness (QED) is 0.816. The lowest BCUT2D eigenvalue weighted by Crippen LogP contribution is -2.60. The van der Waals surface area contributed by atoms with Crippen LogP contribution in [0.5, 0.6) is 0 Å². The van der Waals surface area contributed by atoms with Gasteiger partial charge in [0.2, 0.25) is 11.8 Å². The number of hydrogen-bond acceptors (Lipinski definition) is 4. The van der Waals surface area contributed by atoms with Crippen molar-refractivity contribution in [3.05, 3.63) is 35.9 Å². The van der Waals surface area contributed by atoms with Crippen molar-refractivity contribution in [1.82, 2.24) is 9.80 Å². The summed E-state index contributed by atoms with van der Waals surface area (Å²) in [4.78, 5) is 28.6. The van der Waals surface area contributed by atoms with E-state index in [0.717, 1.165) is 6.42 Å². The summed E-state index contributed by atoms with van der Waals surface area (Å²) in [6.07, 6.45) is 1.21. The van der Waals surface area contributed by atoms with Crippen LogP contribution in [0.4, 0.5) is 0 Å². The molecule has 1 atom stereocenters. The van der Waals surface area contributed by atoms with E-state index < -0.39 is 5.60 Å². The second kappa shape index (κ2) is 8.18. The van der Waals surface area contributed by atoms with Gasteiger partial charge in [-0.05, 0) is 25.8 Å². The standard InChI is InChI=1S/C20H28N2O4/c1-16(2)22-14-20(15-25-12-19(22)24)13-21(10-11-26-20)18(23)9-8-17-6-4-3-5-7-17/h3-7,16H,8-15H2,1-2H3. The van der Waals surface area contributed by atoms with Gasteiger partial charge in [-0.2, -0.15) is 0 Å². The second-order valence-corrected chi connectivity index (χ2v) is 7.44. The minimum atomic E-state index is -0.628. The van der Waals surface area contributed by atoms with E-state index >= 15 is 0 Å². The van der Waals surface area contributed by atoms with Gasteiger partial charge < -0.3 is 19.3 Å². The summed E-state index contributed by atoms with van der Waals surface area (Å²) in [7, 11) is 0. The Balaban J connectivity index is 1.64. The zero-order valence-electron chi connectivity index (χ0n) is 15.6. The summed E-state index contributed by atoms with van der Waals surface area (Å²) in [5, 5.41) is 0. The number of carbonyl (C=O) groups is 2. The average Bonchev–Trinajstić information content (AvgIpc) is 2.80. The predicted octanol–water partition coefficient (Wildman–Crippen LogP) is 1.48. The number of benzene rings is 1. The van der Waals surface area contributed by atoms with Gasteiger partial charge in [0.05, 0.1) is 26.3 Å². The fourth-order valence-electron chi connectivity index (χ4n) is 3.62. The first kappa shape index (κ1) is 18.9. The molecule has 2 heterocycles. The molecule has 0 bridgehead atoms. The summed E-state index contributed by atoms with van der Waals surface area (Å²) >= 11 is 0. The van der Waals surface area contributed by atoms with E-state index in [1.807, 2.05) is 49.1 Å². The van der Waals surface area contributed by atoms with Crippen LogP contribution in [0, 0.1) is 0 Å². The molecular formula is C20H28N2O4. The predicted molar refractivity (Wildman–Crippen MR) is 97.7 cm³/mol. The highest BCUT2D eigenvalue weighted by molar-refractivity contribution is 5.78. The summed E-state index contributed by atoms with van der Waals surface area (Å²) in [5.74, 6) is 0.108. The van der Waals surface area contributed by atoms with Gasteiger partial charge in [0.15, 0.2) is 0 Å². The third kappa shape index (κ3) is 4.43. The maximum atomic E-state index is 12.7. The van der Waals surface area contributed by atoms with E-state index in [0.29, 0.717) is 39.3 Å². The van der Waals surface area contributed by atoms with E-state index in [-0.39, 0.29) is 24.5 Å². The van der Waals surface area contributed by atoms with Crippen LogP contribution in [0.3, 0.4) is 0 Å². The molecule has 2 aliphatic heterocycles. The average molecular weight is 360 g/mol. The van der Waals surface area contributed by atoms with Crippen LogP contribution in [0.1, 0.15) is 25.8 Å². The molecule has 1 aromatic rings. The summed E-state index contributed by atoms with van der Waals surface area (Å²) in [5.41, 5.74) is 0.537. The Morgan fingerprint density at radius 2 is 2.00 bits per heavy atom. The Bertz CT molecular complexity index is 634. The van der Waals surface area contributed by atoms with Crippen LogP contribution in [0.25, 0.3) is 0 Å². The van der Waals surface area contributed by atoms with Crippen molar-refractivity contribution in [2.24, 2.45) is 0 Å². The fourth-order valence-corrected chi connectivity index (χ4v) is 3.62. The molecule has 0 N–H and O–H groups in total. The largest absolute Gasteiger partial charge is 0.368 e. The van der Waals surface area contributed by atoms with Crippen molar-refractivity contribution in [3.63, 3.8) is 0 Å². The molecule has 142 valence electrons. The van der Waals surface area contributed by atoms with Gasteiger partial charge in [-0.3, -0.25) is 9.59 Å². The Labute approximate surface area is 155 Å². The number of rotatable bonds is 4. The van der Waals surface area contributed by atoms with Crippen molar-refractivity contribution < 1.29 is 19.1 Å². The van der Waals surface area contributed by atoms with Crippen LogP contribution < -0.4 is 0 Å². The molecule has 26 heavy (non-hydrogen) atoms. The van der Waals surface area contributed by atoms with Crippen molar-refractivity contribution in [2.45, 2.75) is 38.3 Å². The normalized spacial score (nSPS) is 24.2. The zero-order valence-corrected chi connectivity index (χ0v) is 15.6. The van der Waals surface area contributed by atoms with E-state index in [9.17, 15) is 9.59 Å². The minimum absolute atomic E-state index is 0.0204. The lowest BCUT2D eigenvalue weighted by molar-refractivity contribution is -0.162. The first-order valence-corrected chi connectivity index (χ1v) is 9.32. The molecule has 1 aromatic carbocycles. The topological polar surface area (TPSA) is 59.1 Å². The Morgan fingerprint density at radius 3 is 2.73 bits per heavy atom. The second-order valence-electron chi connectivity index (χ2n) is 7.44. The Morgan fingerprint density at radius 1 is 1.23 bits per heavy atom. The van der Waals surface area contributed by atoms with Crippen LogP contribution in [-0.2, 0) is 25.5 Å². The molecule has 0 aliphatic carbocycles. The number of carbonyl (C=O) groups excluding carboxylic acids is 2. The van der Waals surface area contributed by atoms with E-state index in [1.54, 1.807) is 4.90 Å². The molecule has 1 unspecified atom stereocenters. The molecule has 3 rings (SSSR count). The number of morpholine rings is 1. The highest BCUT2D eigenvalue weighted by atomic mass is 16.5. The van der Waals surface area contributed by atoms with Crippen LogP contribution in [0.2, 0.25) is 0 Å². The van der Waals surface area contributed by atoms with E-state index in [2.05, 4.69) is 0 Å². The molecule has 0 aromatic heterocycles. The third-order valence-electron chi connectivity index (χ3n) is 5.06. The Hall–Kier alpha value is -1.92. The molecule has 6 nitrogen and oxygen atoms in total. The molecule has 2 amide bonds. The summed E-state index contributed by atoms with van der Waals surface area (Å²) < 4.78 is 11.6. The molecule has 0 radical (unpaired) electrons. The monoisotopic (exact) mass is 360 g/mol. The molecule has 2 saturated heterocycles. The SMILES string of the molecule is CC(C)N1CC2(COCC1=O)CN(C(=O)CCc1ccccc1)CCO2. The minimum Gasteiger partial charge on any atom is -0.368 e. The molecule has 0 saturated carbocycles. The summed E-state index contributed by atoms with van der Waals surface area (Å²) in [6, 6.07) is 10.1. The molecular weight excluding hydrogens is 332 g/mol. The maximum Gasteiger partial charge on any atom is 0.248 e. The van der Waals surface area contributed by atoms with Gasteiger partial charge in [-0.1, -0.05) is 30.3 Å². The highest BCUT2D eigenvalue weighted by Crippen LogP contribution is 2.24. The lowest BCUT2D eigenvalue weighted by Gasteiger charge is -2.44. The first-order valence-electron chi connectivity index (χ1n) is 9.32. The molecule has 2 fully saturated rings. The molecule has 2 aliphatic rings.